The zero-order valence-electron chi connectivity index (χ0n) is 10.7. The zero-order chi connectivity index (χ0) is 12.2. The first-order valence-electron chi connectivity index (χ1n) is 6.36. The summed E-state index contributed by atoms with van der Waals surface area (Å²) in [4.78, 5) is 0. The summed E-state index contributed by atoms with van der Waals surface area (Å²) in [5, 5.41) is 0.997. The average molecular weight is 329 g/mol. The van der Waals surface area contributed by atoms with Crippen molar-refractivity contribution in [3.8, 4) is 0 Å². The number of hydrogen-bond acceptors (Lipinski definition) is 5. The summed E-state index contributed by atoms with van der Waals surface area (Å²) in [6, 6.07) is 0. The van der Waals surface area contributed by atoms with E-state index >= 15 is 0 Å². The molecule has 1 aliphatic rings. The molecular formula is C12H24S5. The number of hydrogen-bond donors (Lipinski definition) is 0. The van der Waals surface area contributed by atoms with Crippen molar-refractivity contribution in [3.05, 3.63) is 0 Å². The van der Waals surface area contributed by atoms with Crippen molar-refractivity contribution in [3.63, 3.8) is 0 Å². The van der Waals surface area contributed by atoms with Gasteiger partial charge in [-0.3, -0.25) is 0 Å². The second kappa shape index (κ2) is 12.8. The molecule has 0 nitrogen and oxygen atoms in total. The third kappa shape index (κ3) is 10.2. The molecule has 1 rings (SSSR count). The van der Waals surface area contributed by atoms with Gasteiger partial charge in [-0.1, -0.05) is 6.92 Å². The summed E-state index contributed by atoms with van der Waals surface area (Å²) in [6.07, 6.45) is 1.41. The average Bonchev–Trinajstić information content (AvgIpc) is 2.28. The molecule has 0 amide bonds. The lowest BCUT2D eigenvalue weighted by Crippen LogP contribution is -2.21. The molecule has 0 aromatic carbocycles. The SMILES string of the molecule is CCSCCSCCSCCCSC1CSC1. The van der Waals surface area contributed by atoms with Crippen molar-refractivity contribution in [1.29, 1.82) is 0 Å². The molecule has 1 fully saturated rings. The molecule has 17 heavy (non-hydrogen) atoms. The summed E-state index contributed by atoms with van der Waals surface area (Å²) in [7, 11) is 0. The largest absolute Gasteiger partial charge is 0.161 e. The molecule has 0 atom stereocenters. The molecule has 0 bridgehead atoms. The van der Waals surface area contributed by atoms with Crippen molar-refractivity contribution in [1.82, 2.24) is 0 Å². The lowest BCUT2D eigenvalue weighted by molar-refractivity contribution is 1.06. The molecule has 0 radical (unpaired) electrons. The summed E-state index contributed by atoms with van der Waals surface area (Å²) in [6.45, 7) is 2.24. The van der Waals surface area contributed by atoms with Crippen molar-refractivity contribution < 1.29 is 0 Å². The van der Waals surface area contributed by atoms with E-state index in [9.17, 15) is 0 Å². The topological polar surface area (TPSA) is 0 Å². The lowest BCUT2D eigenvalue weighted by atomic mass is 10.5. The van der Waals surface area contributed by atoms with Crippen LogP contribution >= 0.6 is 58.8 Å². The van der Waals surface area contributed by atoms with Crippen LogP contribution in [0.5, 0.6) is 0 Å². The highest BCUT2D eigenvalue weighted by molar-refractivity contribution is 8.07. The standard InChI is InChI=1S/C12H24S5/c1-2-13-6-7-15-9-8-14-4-3-5-17-12-10-16-11-12/h12H,2-11H2,1H3. The summed E-state index contributed by atoms with van der Waals surface area (Å²) >= 11 is 10.6. The van der Waals surface area contributed by atoms with Crippen LogP contribution in [0.4, 0.5) is 0 Å². The van der Waals surface area contributed by atoms with E-state index in [1.54, 1.807) is 0 Å². The Hall–Kier alpha value is 1.75. The molecule has 5 heteroatoms. The monoisotopic (exact) mass is 328 g/mol. The van der Waals surface area contributed by atoms with Crippen LogP contribution in [0.1, 0.15) is 13.3 Å². The smallest absolute Gasteiger partial charge is 0.0228 e. The molecule has 0 aromatic rings. The van der Waals surface area contributed by atoms with E-state index in [0.717, 1.165) is 5.25 Å². The van der Waals surface area contributed by atoms with Gasteiger partial charge in [-0.15, -0.1) is 0 Å². The van der Waals surface area contributed by atoms with E-state index in [4.69, 9.17) is 0 Å². The molecule has 1 aliphatic heterocycles. The number of thioether (sulfide) groups is 5. The molecule has 0 saturated carbocycles. The van der Waals surface area contributed by atoms with Gasteiger partial charge in [0, 0.05) is 39.8 Å². The van der Waals surface area contributed by atoms with E-state index in [0.29, 0.717) is 0 Å². The van der Waals surface area contributed by atoms with Gasteiger partial charge in [-0.25, -0.2) is 0 Å². The van der Waals surface area contributed by atoms with E-state index in [1.165, 1.54) is 58.2 Å². The molecular weight excluding hydrogens is 304 g/mol. The predicted molar refractivity (Wildman–Crippen MR) is 95.8 cm³/mol. The molecule has 102 valence electrons. The molecule has 0 unspecified atom stereocenters. The van der Waals surface area contributed by atoms with Gasteiger partial charge < -0.3 is 0 Å². The van der Waals surface area contributed by atoms with Crippen molar-refractivity contribution >= 4 is 58.8 Å². The quantitative estimate of drug-likeness (QED) is 0.484. The van der Waals surface area contributed by atoms with Gasteiger partial charge in [0.2, 0.25) is 0 Å². The van der Waals surface area contributed by atoms with Crippen molar-refractivity contribution in [2.45, 2.75) is 18.6 Å². The third-order valence-electron chi connectivity index (χ3n) is 2.34. The van der Waals surface area contributed by atoms with Gasteiger partial charge in [0.1, 0.15) is 0 Å². The third-order valence-corrected chi connectivity index (χ3v) is 8.84. The first kappa shape index (κ1) is 16.8. The van der Waals surface area contributed by atoms with Crippen molar-refractivity contribution in [2.24, 2.45) is 0 Å². The lowest BCUT2D eigenvalue weighted by Gasteiger charge is -2.23. The fraction of sp³-hybridized carbons (Fsp3) is 1.00. The Kier molecular flexibility index (Phi) is 12.6. The van der Waals surface area contributed by atoms with E-state index < -0.39 is 0 Å². The van der Waals surface area contributed by atoms with Gasteiger partial charge in [0.05, 0.1) is 0 Å². The highest BCUT2D eigenvalue weighted by Crippen LogP contribution is 2.29. The van der Waals surface area contributed by atoms with Crippen LogP contribution in [0.25, 0.3) is 0 Å². The molecule has 1 heterocycles. The van der Waals surface area contributed by atoms with Gasteiger partial charge in [0.25, 0.3) is 0 Å². The van der Waals surface area contributed by atoms with Crippen LogP contribution in [-0.4, -0.2) is 57.0 Å². The van der Waals surface area contributed by atoms with E-state index in [-0.39, 0.29) is 0 Å². The molecule has 0 spiro atoms. The van der Waals surface area contributed by atoms with Crippen LogP contribution in [0.3, 0.4) is 0 Å². The maximum atomic E-state index is 2.24. The molecule has 0 N–H and O–H groups in total. The normalized spacial score (nSPS) is 16.1. The maximum Gasteiger partial charge on any atom is 0.0228 e. The summed E-state index contributed by atoms with van der Waals surface area (Å²) in [5.74, 6) is 12.2. The van der Waals surface area contributed by atoms with Crippen LogP contribution in [0.2, 0.25) is 0 Å². The Morgan fingerprint density at radius 1 is 0.882 bits per heavy atom. The van der Waals surface area contributed by atoms with Crippen LogP contribution in [-0.2, 0) is 0 Å². The zero-order valence-corrected chi connectivity index (χ0v) is 14.8. The van der Waals surface area contributed by atoms with Gasteiger partial charge in [0.15, 0.2) is 0 Å². The van der Waals surface area contributed by atoms with Crippen LogP contribution in [0.15, 0.2) is 0 Å². The Bertz CT molecular complexity index is 161. The first-order valence-corrected chi connectivity index (χ1v) is 12.0. The Morgan fingerprint density at radius 3 is 2.12 bits per heavy atom. The fourth-order valence-corrected chi connectivity index (χ4v) is 6.84. The number of rotatable bonds is 12. The minimum absolute atomic E-state index is 0.997. The highest BCUT2D eigenvalue weighted by Gasteiger charge is 2.17. The first-order chi connectivity index (χ1) is 8.43. The predicted octanol–water partition coefficient (Wildman–Crippen LogP) is 4.44. The highest BCUT2D eigenvalue weighted by atomic mass is 32.2. The summed E-state index contributed by atoms with van der Waals surface area (Å²) in [5.41, 5.74) is 0. The van der Waals surface area contributed by atoms with Gasteiger partial charge in [-0.05, 0) is 23.7 Å². The second-order valence-corrected chi connectivity index (χ2v) is 10.1. The minimum atomic E-state index is 0.997. The Balaban J connectivity index is 1.64. The Morgan fingerprint density at radius 2 is 1.53 bits per heavy atom. The maximum absolute atomic E-state index is 2.24. The molecule has 0 aliphatic carbocycles. The molecule has 1 saturated heterocycles. The second-order valence-electron chi connectivity index (χ2n) is 3.81. The van der Waals surface area contributed by atoms with Crippen molar-refractivity contribution in [2.75, 3.05) is 51.8 Å². The minimum Gasteiger partial charge on any atom is -0.161 e. The van der Waals surface area contributed by atoms with Crippen LogP contribution < -0.4 is 0 Å². The van der Waals surface area contributed by atoms with Gasteiger partial charge >= 0.3 is 0 Å². The van der Waals surface area contributed by atoms with E-state index in [2.05, 4.69) is 65.7 Å². The van der Waals surface area contributed by atoms with E-state index in [1.807, 2.05) is 0 Å². The molecule has 0 aromatic heterocycles. The van der Waals surface area contributed by atoms with Gasteiger partial charge in [-0.2, -0.15) is 58.8 Å². The summed E-state index contributed by atoms with van der Waals surface area (Å²) < 4.78 is 0. The fourth-order valence-electron chi connectivity index (χ4n) is 1.31. The Labute approximate surface area is 128 Å². The van der Waals surface area contributed by atoms with Crippen LogP contribution in [0, 0.1) is 0 Å².